The number of aliphatic carboxylic acids is 2. The Morgan fingerprint density at radius 3 is 0.933 bits per heavy atom. The van der Waals surface area contributed by atoms with Crippen molar-refractivity contribution in [2.24, 2.45) is 0 Å². The quantitative estimate of drug-likeness (QED) is 0.247. The number of hydrogen-bond donors (Lipinski definition) is 0. The number of carboxylic acids is 2. The summed E-state index contributed by atoms with van der Waals surface area (Å²) in [5, 5.41) is 17.8. The van der Waals surface area contributed by atoms with Crippen LogP contribution in [0.15, 0.2) is 0 Å². The fourth-order valence-corrected chi connectivity index (χ4v) is 0. The van der Waals surface area contributed by atoms with Gasteiger partial charge in [-0.05, 0) is 13.8 Å². The third-order valence-electron chi connectivity index (χ3n) is 0. The molecule has 0 saturated heterocycles. The maximum Gasteiger partial charge on any atom is 3.00 e. The summed E-state index contributed by atoms with van der Waals surface area (Å²) < 4.78 is 34.1. The molecule has 0 aliphatic carbocycles. The average molecular weight is 297 g/mol. The van der Waals surface area contributed by atoms with Gasteiger partial charge < -0.3 is 28.9 Å². The summed E-state index contributed by atoms with van der Waals surface area (Å²) in [6.07, 6.45) is 0. The van der Waals surface area contributed by atoms with E-state index in [0.29, 0.717) is 0 Å². The minimum atomic E-state index is -5.17. The smallest absolute Gasteiger partial charge is 0.759 e. The van der Waals surface area contributed by atoms with E-state index in [9.17, 15) is 0 Å². The minimum absolute atomic E-state index is 0. The van der Waals surface area contributed by atoms with E-state index in [0.717, 1.165) is 13.8 Å². The van der Waals surface area contributed by atoms with Crippen LogP contribution in [0.25, 0.3) is 0 Å². The molecule has 0 amide bonds. The molecule has 0 N–H and O–H groups in total. The van der Waals surface area contributed by atoms with E-state index in [1.54, 1.807) is 0 Å². The second-order valence-corrected chi connectivity index (χ2v) is 2.21. The SMILES string of the molecule is CC(=O)[O-].CC(=O)[O-].O=S(=O)([O-])[O-].[Al+].[Fe+3]. The van der Waals surface area contributed by atoms with Gasteiger partial charge in [-0.1, -0.05) is 0 Å². The van der Waals surface area contributed by atoms with Crippen LogP contribution in [0.2, 0.25) is 0 Å². The summed E-state index contributed by atoms with van der Waals surface area (Å²) in [4.78, 5) is 17.8. The first-order chi connectivity index (χ1) is 5.46. The molecule has 0 bridgehead atoms. The van der Waals surface area contributed by atoms with Crippen molar-refractivity contribution in [3.8, 4) is 0 Å². The molecule has 0 spiro atoms. The molecule has 15 heavy (non-hydrogen) atoms. The van der Waals surface area contributed by atoms with Crippen molar-refractivity contribution in [3.63, 3.8) is 0 Å². The van der Waals surface area contributed by atoms with Crippen molar-refractivity contribution in [3.05, 3.63) is 0 Å². The molecule has 8 nitrogen and oxygen atoms in total. The first-order valence-electron chi connectivity index (χ1n) is 2.48. The van der Waals surface area contributed by atoms with Crippen LogP contribution in [-0.2, 0) is 37.1 Å². The summed E-state index contributed by atoms with van der Waals surface area (Å²) in [6, 6.07) is 0. The molecule has 11 heteroatoms. The third-order valence-corrected chi connectivity index (χ3v) is 0. The van der Waals surface area contributed by atoms with Crippen molar-refractivity contribution in [1.29, 1.82) is 0 Å². The summed E-state index contributed by atoms with van der Waals surface area (Å²) >= 11 is 0. The second-order valence-electron chi connectivity index (χ2n) is 1.39. The summed E-state index contributed by atoms with van der Waals surface area (Å²) in [5.41, 5.74) is 0. The maximum absolute atomic E-state index is 8.89. The zero-order valence-corrected chi connectivity index (χ0v) is 10.7. The Bertz CT molecular complexity index is 221. The average Bonchev–Trinajstić information content (AvgIpc) is 1.50. The van der Waals surface area contributed by atoms with Crippen LogP contribution in [-0.4, -0.2) is 46.8 Å². The van der Waals surface area contributed by atoms with Gasteiger partial charge in [0.15, 0.2) is 0 Å². The predicted octanol–water partition coefficient (Wildman–Crippen LogP) is -4.21. The Kier molecular flexibility index (Phi) is 31.9. The maximum atomic E-state index is 8.89. The van der Waals surface area contributed by atoms with Gasteiger partial charge in [0.05, 0.1) is 0 Å². The first kappa shape index (κ1) is 29.4. The van der Waals surface area contributed by atoms with Gasteiger partial charge in [0.1, 0.15) is 0 Å². The van der Waals surface area contributed by atoms with Crippen LogP contribution in [0.1, 0.15) is 13.8 Å². The molecular weight excluding hydrogens is 291 g/mol. The van der Waals surface area contributed by atoms with Crippen molar-refractivity contribution < 1.29 is 54.4 Å². The van der Waals surface area contributed by atoms with Crippen LogP contribution in [0, 0.1) is 0 Å². The van der Waals surface area contributed by atoms with E-state index in [2.05, 4.69) is 0 Å². The Morgan fingerprint density at radius 2 is 0.933 bits per heavy atom. The molecule has 0 fully saturated rings. The molecule has 0 saturated carbocycles. The van der Waals surface area contributed by atoms with E-state index in [-0.39, 0.29) is 34.4 Å². The molecule has 0 atom stereocenters. The zero-order valence-electron chi connectivity index (χ0n) is 7.61. The van der Waals surface area contributed by atoms with Gasteiger partial charge >= 0.3 is 34.4 Å². The molecular formula is C4H6AlFeO8S. The molecule has 0 aromatic carbocycles. The van der Waals surface area contributed by atoms with Gasteiger partial charge in [0.25, 0.3) is 0 Å². The van der Waals surface area contributed by atoms with E-state index in [1.807, 2.05) is 0 Å². The molecule has 0 aromatic rings. The summed E-state index contributed by atoms with van der Waals surface area (Å²) in [6.45, 7) is 1.94. The number of carbonyl (C=O) groups is 2. The van der Waals surface area contributed by atoms with E-state index >= 15 is 0 Å². The summed E-state index contributed by atoms with van der Waals surface area (Å²) in [7, 11) is -5.17. The van der Waals surface area contributed by atoms with Crippen LogP contribution in [0.3, 0.4) is 0 Å². The fraction of sp³-hybridized carbons (Fsp3) is 0.500. The van der Waals surface area contributed by atoms with Gasteiger partial charge in [0.2, 0.25) is 0 Å². The molecule has 0 aliphatic rings. The molecule has 87 valence electrons. The van der Waals surface area contributed by atoms with Crippen molar-refractivity contribution in [2.75, 3.05) is 0 Å². The minimum Gasteiger partial charge on any atom is -0.759 e. The molecule has 3 radical (unpaired) electrons. The van der Waals surface area contributed by atoms with Crippen molar-refractivity contribution in [2.45, 2.75) is 13.8 Å². The number of carboxylic acid groups (broad SMARTS) is 2. The molecule has 0 unspecified atom stereocenters. The van der Waals surface area contributed by atoms with Crippen molar-refractivity contribution in [1.82, 2.24) is 0 Å². The van der Waals surface area contributed by atoms with Crippen LogP contribution >= 0.6 is 0 Å². The normalized spacial score (nSPS) is 7.20. The van der Waals surface area contributed by atoms with Gasteiger partial charge in [0, 0.05) is 22.3 Å². The van der Waals surface area contributed by atoms with Crippen LogP contribution < -0.4 is 10.2 Å². The monoisotopic (exact) mass is 297 g/mol. The van der Waals surface area contributed by atoms with Crippen LogP contribution in [0.5, 0.6) is 0 Å². The van der Waals surface area contributed by atoms with Gasteiger partial charge in [-0.15, -0.1) is 0 Å². The predicted molar refractivity (Wildman–Crippen MR) is 37.6 cm³/mol. The van der Waals surface area contributed by atoms with E-state index in [1.165, 1.54) is 0 Å². The second kappa shape index (κ2) is 16.3. The number of hydrogen-bond acceptors (Lipinski definition) is 8. The molecule has 0 aromatic heterocycles. The Balaban J connectivity index is -0.0000000315. The van der Waals surface area contributed by atoms with Gasteiger partial charge in [-0.2, -0.15) is 0 Å². The van der Waals surface area contributed by atoms with E-state index < -0.39 is 22.3 Å². The Morgan fingerprint density at radius 1 is 0.933 bits per heavy atom. The largest absolute Gasteiger partial charge is 3.00 e. The standard InChI is InChI=1S/2C2H4O2.Al.Fe.H2O4S/c2*1-2(3)4;;;1-5(2,3)4/h2*1H3,(H,3,4);;;(H2,1,2,3,4)/q;;+1;+3;/p-4. The molecule has 0 aliphatic heterocycles. The van der Waals surface area contributed by atoms with Gasteiger partial charge in [-0.25, -0.2) is 0 Å². The van der Waals surface area contributed by atoms with Crippen LogP contribution in [0.4, 0.5) is 0 Å². The molecule has 0 rings (SSSR count). The van der Waals surface area contributed by atoms with Gasteiger partial charge in [-0.3, -0.25) is 8.42 Å². The fourth-order valence-electron chi connectivity index (χ4n) is 0. The number of carbonyl (C=O) groups excluding carboxylic acids is 2. The Hall–Kier alpha value is -0.138. The topological polar surface area (TPSA) is 161 Å². The van der Waals surface area contributed by atoms with Crippen molar-refractivity contribution >= 4 is 39.7 Å². The third kappa shape index (κ3) is 102000. The Labute approximate surface area is 108 Å². The first-order valence-corrected chi connectivity index (χ1v) is 3.82. The molecule has 0 heterocycles. The summed E-state index contributed by atoms with van der Waals surface area (Å²) in [5.74, 6) is -2.17. The number of rotatable bonds is 0. The zero-order chi connectivity index (χ0) is 11.7. The van der Waals surface area contributed by atoms with E-state index in [4.69, 9.17) is 37.3 Å².